The molecule has 0 atom stereocenters. The molecule has 0 fully saturated rings. The molecule has 0 amide bonds. The Labute approximate surface area is 95.5 Å². The van der Waals surface area contributed by atoms with Gasteiger partial charge in [0.15, 0.2) is 0 Å². The third-order valence-electron chi connectivity index (χ3n) is 2.15. The van der Waals surface area contributed by atoms with E-state index in [-0.39, 0.29) is 17.8 Å². The van der Waals surface area contributed by atoms with Crippen molar-refractivity contribution in [1.82, 2.24) is 4.98 Å². The van der Waals surface area contributed by atoms with Gasteiger partial charge < -0.3 is 10.8 Å². The van der Waals surface area contributed by atoms with E-state index in [2.05, 4.69) is 4.98 Å². The van der Waals surface area contributed by atoms with Crippen LogP contribution in [0.1, 0.15) is 28.8 Å². The monoisotopic (exact) mass is 241 g/mol. The Hall–Kier alpha value is -2.07. The number of alkyl halides is 2. The molecule has 0 aliphatic carbocycles. The van der Waals surface area contributed by atoms with Crippen LogP contribution in [0.4, 0.5) is 8.78 Å². The maximum absolute atomic E-state index is 12.8. The molecule has 1 aromatic heterocycles. The van der Waals surface area contributed by atoms with Crippen molar-refractivity contribution in [2.75, 3.05) is 0 Å². The van der Waals surface area contributed by atoms with Gasteiger partial charge in [0, 0.05) is 18.3 Å². The summed E-state index contributed by atoms with van der Waals surface area (Å²) in [6.07, 6.45) is -2.38. The van der Waals surface area contributed by atoms with Crippen molar-refractivity contribution in [3.8, 4) is 6.07 Å². The van der Waals surface area contributed by atoms with Crippen molar-refractivity contribution in [1.29, 1.82) is 5.26 Å². The second-order valence-electron chi connectivity index (χ2n) is 3.21. The minimum atomic E-state index is -2.89. The molecule has 0 aliphatic heterocycles. The molecule has 0 unspecified atom stereocenters. The van der Waals surface area contributed by atoms with Crippen molar-refractivity contribution in [3.05, 3.63) is 28.6 Å². The molecule has 0 spiro atoms. The summed E-state index contributed by atoms with van der Waals surface area (Å²) >= 11 is 0. The second-order valence-corrected chi connectivity index (χ2v) is 3.21. The van der Waals surface area contributed by atoms with E-state index >= 15 is 0 Å². The first-order valence-electron chi connectivity index (χ1n) is 4.62. The van der Waals surface area contributed by atoms with Crippen LogP contribution in [0.15, 0.2) is 6.20 Å². The highest BCUT2D eigenvalue weighted by atomic mass is 19.3. The summed E-state index contributed by atoms with van der Waals surface area (Å²) in [6, 6.07) is 1.56. The van der Waals surface area contributed by atoms with Gasteiger partial charge in [-0.2, -0.15) is 5.26 Å². The summed E-state index contributed by atoms with van der Waals surface area (Å²) in [4.78, 5) is 14.2. The van der Waals surface area contributed by atoms with Crippen LogP contribution in [0.3, 0.4) is 0 Å². The number of nitriles is 1. The van der Waals surface area contributed by atoms with Crippen LogP contribution >= 0.6 is 0 Å². The number of hydrogen-bond acceptors (Lipinski definition) is 4. The van der Waals surface area contributed by atoms with E-state index in [1.165, 1.54) is 0 Å². The molecule has 0 aromatic carbocycles. The second kappa shape index (κ2) is 5.32. The first-order valence-corrected chi connectivity index (χ1v) is 4.62. The van der Waals surface area contributed by atoms with E-state index in [1.54, 1.807) is 6.07 Å². The van der Waals surface area contributed by atoms with Crippen LogP contribution in [0.5, 0.6) is 0 Å². The minimum Gasteiger partial charge on any atom is -0.481 e. The molecule has 0 bridgehead atoms. The van der Waals surface area contributed by atoms with E-state index in [9.17, 15) is 13.6 Å². The lowest BCUT2D eigenvalue weighted by molar-refractivity contribution is -0.136. The number of pyridine rings is 1. The topological polar surface area (TPSA) is 100 Å². The largest absolute Gasteiger partial charge is 0.481 e. The molecule has 1 aromatic rings. The highest BCUT2D eigenvalue weighted by Crippen LogP contribution is 2.27. The molecule has 5 nitrogen and oxygen atoms in total. The van der Waals surface area contributed by atoms with Crippen molar-refractivity contribution in [2.45, 2.75) is 19.4 Å². The van der Waals surface area contributed by atoms with Gasteiger partial charge in [0.1, 0.15) is 6.07 Å². The van der Waals surface area contributed by atoms with Gasteiger partial charge in [-0.15, -0.1) is 0 Å². The lowest BCUT2D eigenvalue weighted by Crippen LogP contribution is -2.11. The zero-order valence-electron chi connectivity index (χ0n) is 8.65. The number of halogens is 2. The predicted molar refractivity (Wildman–Crippen MR) is 53.1 cm³/mol. The molecular formula is C10H9F2N3O2. The molecule has 7 heteroatoms. The van der Waals surface area contributed by atoms with Gasteiger partial charge in [0.2, 0.25) is 0 Å². The third kappa shape index (κ3) is 2.73. The summed E-state index contributed by atoms with van der Waals surface area (Å²) in [6.45, 7) is -0.186. The number of nitrogens with zero attached hydrogens (tertiary/aromatic N) is 2. The fraction of sp³-hybridized carbons (Fsp3) is 0.300. The molecule has 0 saturated carbocycles. The highest BCUT2D eigenvalue weighted by molar-refractivity contribution is 5.71. The SMILES string of the molecule is N#Cc1c(CC(=O)O)ncc(CN)c1C(F)F. The van der Waals surface area contributed by atoms with Crippen LogP contribution in [-0.2, 0) is 17.8 Å². The van der Waals surface area contributed by atoms with Gasteiger partial charge in [-0.25, -0.2) is 8.78 Å². The Morgan fingerprint density at radius 1 is 1.65 bits per heavy atom. The Balaban J connectivity index is 3.42. The van der Waals surface area contributed by atoms with Crippen molar-refractivity contribution in [3.63, 3.8) is 0 Å². The van der Waals surface area contributed by atoms with E-state index in [4.69, 9.17) is 16.1 Å². The lowest BCUT2D eigenvalue weighted by Gasteiger charge is -2.11. The fourth-order valence-corrected chi connectivity index (χ4v) is 1.42. The summed E-state index contributed by atoms with van der Waals surface area (Å²) in [5.41, 5.74) is 4.21. The van der Waals surface area contributed by atoms with E-state index in [1.807, 2.05) is 0 Å². The first kappa shape index (κ1) is 13.0. The van der Waals surface area contributed by atoms with Gasteiger partial charge >= 0.3 is 5.97 Å². The Bertz CT molecular complexity index is 483. The van der Waals surface area contributed by atoms with Crippen LogP contribution in [-0.4, -0.2) is 16.1 Å². The standard InChI is InChI=1S/C10H9F2N3O2/c11-10(12)9-5(2-13)4-15-7(1-8(16)17)6(9)3-14/h4,10H,1-2,13H2,(H,16,17). The van der Waals surface area contributed by atoms with Gasteiger partial charge in [-0.05, 0) is 5.56 Å². The zero-order chi connectivity index (χ0) is 13.0. The van der Waals surface area contributed by atoms with E-state index in [0.717, 1.165) is 6.20 Å². The maximum Gasteiger partial charge on any atom is 0.309 e. The number of hydrogen-bond donors (Lipinski definition) is 2. The first-order chi connectivity index (χ1) is 8.01. The van der Waals surface area contributed by atoms with Crippen molar-refractivity contribution < 1.29 is 18.7 Å². The quantitative estimate of drug-likeness (QED) is 0.818. The van der Waals surface area contributed by atoms with Crippen molar-refractivity contribution >= 4 is 5.97 Å². The smallest absolute Gasteiger partial charge is 0.309 e. The number of aliphatic carboxylic acids is 1. The number of rotatable bonds is 4. The fourth-order valence-electron chi connectivity index (χ4n) is 1.42. The normalized spacial score (nSPS) is 10.3. The number of carbonyl (C=O) groups is 1. The number of nitrogens with two attached hydrogens (primary N) is 1. The molecule has 17 heavy (non-hydrogen) atoms. The van der Waals surface area contributed by atoms with Gasteiger partial charge in [-0.1, -0.05) is 0 Å². The van der Waals surface area contributed by atoms with Crippen LogP contribution < -0.4 is 5.73 Å². The molecule has 1 rings (SSSR count). The molecule has 3 N–H and O–H groups in total. The zero-order valence-corrected chi connectivity index (χ0v) is 8.65. The summed E-state index contributed by atoms with van der Waals surface area (Å²) in [7, 11) is 0. The third-order valence-corrected chi connectivity index (χ3v) is 2.15. The van der Waals surface area contributed by atoms with Crippen molar-refractivity contribution in [2.24, 2.45) is 5.73 Å². The molecular weight excluding hydrogens is 232 g/mol. The predicted octanol–water partition coefficient (Wildman–Crippen LogP) is 0.977. The summed E-state index contributed by atoms with van der Waals surface area (Å²) in [5.74, 6) is -1.24. The molecule has 0 radical (unpaired) electrons. The molecule has 0 saturated heterocycles. The number of carboxylic acid groups (broad SMARTS) is 1. The van der Waals surface area contributed by atoms with Crippen LogP contribution in [0.2, 0.25) is 0 Å². The Kier molecular flexibility index (Phi) is 4.06. The van der Waals surface area contributed by atoms with Gasteiger partial charge in [0.25, 0.3) is 6.43 Å². The molecule has 90 valence electrons. The van der Waals surface area contributed by atoms with Crippen LogP contribution in [0, 0.1) is 11.3 Å². The molecule has 1 heterocycles. The van der Waals surface area contributed by atoms with Gasteiger partial charge in [0.05, 0.1) is 17.7 Å². The van der Waals surface area contributed by atoms with E-state index in [0.29, 0.717) is 0 Å². The van der Waals surface area contributed by atoms with E-state index < -0.39 is 29.9 Å². The number of carboxylic acids is 1. The lowest BCUT2D eigenvalue weighted by atomic mass is 10.0. The van der Waals surface area contributed by atoms with Crippen LogP contribution in [0.25, 0.3) is 0 Å². The summed E-state index contributed by atoms with van der Waals surface area (Å²) < 4.78 is 25.6. The van der Waals surface area contributed by atoms with Gasteiger partial charge in [-0.3, -0.25) is 9.78 Å². The summed E-state index contributed by atoms with van der Waals surface area (Å²) in [5, 5.41) is 17.4. The minimum absolute atomic E-state index is 0.0469. The molecule has 0 aliphatic rings. The average Bonchev–Trinajstić information content (AvgIpc) is 2.27. The Morgan fingerprint density at radius 3 is 2.71 bits per heavy atom. The maximum atomic E-state index is 12.8. The Morgan fingerprint density at radius 2 is 2.29 bits per heavy atom. The highest BCUT2D eigenvalue weighted by Gasteiger charge is 2.22. The number of aromatic nitrogens is 1. The average molecular weight is 241 g/mol.